The van der Waals surface area contributed by atoms with Gasteiger partial charge in [-0.05, 0) is 12.1 Å². The first kappa shape index (κ1) is 13.4. The van der Waals surface area contributed by atoms with Crippen molar-refractivity contribution in [2.45, 2.75) is 13.8 Å². The van der Waals surface area contributed by atoms with Crippen LogP contribution in [0.3, 0.4) is 0 Å². The molecule has 1 amide bonds. The van der Waals surface area contributed by atoms with Gasteiger partial charge in [0, 0.05) is 19.6 Å². The molecule has 0 bridgehead atoms. The van der Waals surface area contributed by atoms with Crippen LogP contribution in [-0.2, 0) is 9.53 Å². The van der Waals surface area contributed by atoms with Crippen LogP contribution in [0.5, 0.6) is 0 Å². The number of hydrogen-bond acceptors (Lipinski definition) is 4. The molecular formula is C12H19N3O2. The van der Waals surface area contributed by atoms with Gasteiger partial charge in [0.05, 0.1) is 18.5 Å². The first-order chi connectivity index (χ1) is 8.13. The van der Waals surface area contributed by atoms with E-state index in [2.05, 4.69) is 15.6 Å². The van der Waals surface area contributed by atoms with Crippen molar-refractivity contribution in [2.24, 2.45) is 5.92 Å². The number of aromatic nitrogens is 1. The van der Waals surface area contributed by atoms with Crippen molar-refractivity contribution in [3.63, 3.8) is 0 Å². The van der Waals surface area contributed by atoms with E-state index in [0.717, 1.165) is 12.2 Å². The molecule has 0 atom stereocenters. The Morgan fingerprint density at radius 3 is 2.76 bits per heavy atom. The van der Waals surface area contributed by atoms with E-state index in [9.17, 15) is 4.79 Å². The van der Waals surface area contributed by atoms with Gasteiger partial charge in [-0.15, -0.1) is 0 Å². The van der Waals surface area contributed by atoms with Crippen molar-refractivity contribution in [2.75, 3.05) is 30.9 Å². The Morgan fingerprint density at radius 2 is 2.24 bits per heavy atom. The average molecular weight is 237 g/mol. The molecule has 0 aliphatic carbocycles. The number of nitrogens with one attached hydrogen (secondary N) is 2. The Balaban J connectivity index is 2.47. The van der Waals surface area contributed by atoms with Gasteiger partial charge in [-0.25, -0.2) is 4.98 Å². The van der Waals surface area contributed by atoms with Gasteiger partial charge in [0.1, 0.15) is 5.82 Å². The summed E-state index contributed by atoms with van der Waals surface area (Å²) in [5.74, 6) is 0.495. The Morgan fingerprint density at radius 1 is 1.47 bits per heavy atom. The SMILES string of the molecule is COCCNc1ccc(NC(=O)C(C)C)nc1. The molecule has 0 aromatic carbocycles. The maximum absolute atomic E-state index is 11.4. The van der Waals surface area contributed by atoms with Crippen molar-refractivity contribution in [3.05, 3.63) is 18.3 Å². The lowest BCUT2D eigenvalue weighted by Crippen LogP contribution is -2.18. The fraction of sp³-hybridized carbons (Fsp3) is 0.500. The lowest BCUT2D eigenvalue weighted by molar-refractivity contribution is -0.118. The zero-order chi connectivity index (χ0) is 12.7. The summed E-state index contributed by atoms with van der Waals surface area (Å²) in [6.45, 7) is 5.06. The second-order valence-corrected chi connectivity index (χ2v) is 4.00. The van der Waals surface area contributed by atoms with Crippen molar-refractivity contribution in [1.29, 1.82) is 0 Å². The van der Waals surface area contributed by atoms with E-state index in [1.807, 2.05) is 19.9 Å². The highest BCUT2D eigenvalue weighted by Gasteiger charge is 2.07. The summed E-state index contributed by atoms with van der Waals surface area (Å²) in [4.78, 5) is 15.6. The van der Waals surface area contributed by atoms with Gasteiger partial charge in [-0.1, -0.05) is 13.8 Å². The minimum absolute atomic E-state index is 0.0300. The molecule has 1 aromatic rings. The van der Waals surface area contributed by atoms with E-state index in [1.54, 1.807) is 19.4 Å². The third kappa shape index (κ3) is 4.82. The van der Waals surface area contributed by atoms with E-state index in [1.165, 1.54) is 0 Å². The first-order valence-corrected chi connectivity index (χ1v) is 5.63. The van der Waals surface area contributed by atoms with Gasteiger partial charge in [0.15, 0.2) is 0 Å². The Labute approximate surface area is 102 Å². The molecule has 0 aliphatic rings. The minimum atomic E-state index is -0.0451. The predicted molar refractivity (Wildman–Crippen MR) is 68.1 cm³/mol. The van der Waals surface area contributed by atoms with Gasteiger partial charge in [-0.3, -0.25) is 4.79 Å². The molecule has 5 heteroatoms. The summed E-state index contributed by atoms with van der Waals surface area (Å²) in [6.07, 6.45) is 1.69. The minimum Gasteiger partial charge on any atom is -0.383 e. The number of carbonyl (C=O) groups excluding carboxylic acids is 1. The van der Waals surface area contributed by atoms with Gasteiger partial charge in [0.2, 0.25) is 5.91 Å². The molecule has 1 heterocycles. The Hall–Kier alpha value is -1.62. The number of ether oxygens (including phenoxy) is 1. The number of carbonyl (C=O) groups is 1. The second kappa shape index (κ2) is 6.85. The molecule has 2 N–H and O–H groups in total. The van der Waals surface area contributed by atoms with Crippen LogP contribution in [0.4, 0.5) is 11.5 Å². The smallest absolute Gasteiger partial charge is 0.228 e. The number of amides is 1. The van der Waals surface area contributed by atoms with Crippen LogP contribution < -0.4 is 10.6 Å². The van der Waals surface area contributed by atoms with Crippen molar-refractivity contribution >= 4 is 17.4 Å². The first-order valence-electron chi connectivity index (χ1n) is 5.63. The normalized spacial score (nSPS) is 10.4. The monoisotopic (exact) mass is 237 g/mol. The number of methoxy groups -OCH3 is 1. The lowest BCUT2D eigenvalue weighted by Gasteiger charge is -2.08. The van der Waals surface area contributed by atoms with E-state index in [4.69, 9.17) is 4.74 Å². The third-order valence-corrected chi connectivity index (χ3v) is 2.17. The van der Waals surface area contributed by atoms with Crippen molar-refractivity contribution < 1.29 is 9.53 Å². The second-order valence-electron chi connectivity index (χ2n) is 4.00. The van der Waals surface area contributed by atoms with Crippen molar-refractivity contribution in [1.82, 2.24) is 4.98 Å². The molecular weight excluding hydrogens is 218 g/mol. The molecule has 17 heavy (non-hydrogen) atoms. The number of rotatable bonds is 6. The van der Waals surface area contributed by atoms with E-state index >= 15 is 0 Å². The molecule has 0 saturated carbocycles. The Bertz CT molecular complexity index is 349. The number of nitrogens with zero attached hydrogens (tertiary/aromatic N) is 1. The topological polar surface area (TPSA) is 63.2 Å². The molecule has 0 fully saturated rings. The highest BCUT2D eigenvalue weighted by Crippen LogP contribution is 2.10. The molecule has 0 aliphatic heterocycles. The Kier molecular flexibility index (Phi) is 5.42. The van der Waals surface area contributed by atoms with Gasteiger partial charge < -0.3 is 15.4 Å². The van der Waals surface area contributed by atoms with E-state index < -0.39 is 0 Å². The predicted octanol–water partition coefficient (Wildman–Crippen LogP) is 1.73. The van der Waals surface area contributed by atoms with Crippen LogP contribution >= 0.6 is 0 Å². The van der Waals surface area contributed by atoms with E-state index in [0.29, 0.717) is 12.4 Å². The summed E-state index contributed by atoms with van der Waals surface area (Å²) in [5, 5.41) is 5.88. The molecule has 94 valence electrons. The fourth-order valence-electron chi connectivity index (χ4n) is 1.14. The molecule has 5 nitrogen and oxygen atoms in total. The van der Waals surface area contributed by atoms with Gasteiger partial charge >= 0.3 is 0 Å². The van der Waals surface area contributed by atoms with Crippen LogP contribution in [0.2, 0.25) is 0 Å². The quantitative estimate of drug-likeness (QED) is 0.740. The zero-order valence-corrected chi connectivity index (χ0v) is 10.5. The maximum Gasteiger partial charge on any atom is 0.228 e. The highest BCUT2D eigenvalue weighted by molar-refractivity contribution is 5.91. The molecule has 0 saturated heterocycles. The summed E-state index contributed by atoms with van der Waals surface area (Å²) < 4.78 is 4.93. The third-order valence-electron chi connectivity index (χ3n) is 2.17. The van der Waals surface area contributed by atoms with Crippen LogP contribution in [0.15, 0.2) is 18.3 Å². The van der Waals surface area contributed by atoms with Crippen LogP contribution in [-0.4, -0.2) is 31.2 Å². The largest absolute Gasteiger partial charge is 0.383 e. The summed E-state index contributed by atoms with van der Waals surface area (Å²) >= 11 is 0. The summed E-state index contributed by atoms with van der Waals surface area (Å²) in [7, 11) is 1.66. The van der Waals surface area contributed by atoms with Crippen LogP contribution in [0.1, 0.15) is 13.8 Å². The number of anilines is 2. The maximum atomic E-state index is 11.4. The molecule has 0 radical (unpaired) electrons. The molecule has 0 unspecified atom stereocenters. The number of pyridine rings is 1. The molecule has 1 aromatic heterocycles. The van der Waals surface area contributed by atoms with Gasteiger partial charge in [0.25, 0.3) is 0 Å². The summed E-state index contributed by atoms with van der Waals surface area (Å²) in [6, 6.07) is 3.65. The standard InChI is InChI=1S/C12H19N3O2/c1-9(2)12(16)15-11-5-4-10(8-14-11)13-6-7-17-3/h4-5,8-9,13H,6-7H2,1-3H3,(H,14,15,16). The average Bonchev–Trinajstić information content (AvgIpc) is 2.31. The lowest BCUT2D eigenvalue weighted by atomic mass is 10.2. The highest BCUT2D eigenvalue weighted by atomic mass is 16.5. The molecule has 1 rings (SSSR count). The van der Waals surface area contributed by atoms with Crippen molar-refractivity contribution in [3.8, 4) is 0 Å². The zero-order valence-electron chi connectivity index (χ0n) is 10.5. The van der Waals surface area contributed by atoms with Gasteiger partial charge in [-0.2, -0.15) is 0 Å². The number of hydrogen-bond donors (Lipinski definition) is 2. The van der Waals surface area contributed by atoms with E-state index in [-0.39, 0.29) is 11.8 Å². The summed E-state index contributed by atoms with van der Waals surface area (Å²) in [5.41, 5.74) is 0.907. The fourth-order valence-corrected chi connectivity index (χ4v) is 1.14. The van der Waals surface area contributed by atoms with Crippen LogP contribution in [0, 0.1) is 5.92 Å². The van der Waals surface area contributed by atoms with Crippen LogP contribution in [0.25, 0.3) is 0 Å². The molecule has 0 spiro atoms.